The fourth-order valence-corrected chi connectivity index (χ4v) is 2.21. The SMILES string of the molecule is CCCC(NC(=O)Cc1cc(F)cc(F)c1)C(=O)O.Cc1cnc(C(N)=O)nc1. The minimum atomic E-state index is -1.12. The Kier molecular flexibility index (Phi) is 9.30. The number of primary amides is 1. The topological polar surface area (TPSA) is 135 Å². The summed E-state index contributed by atoms with van der Waals surface area (Å²) in [4.78, 5) is 40.2. The highest BCUT2D eigenvalue weighted by molar-refractivity contribution is 5.88. The predicted molar refractivity (Wildman–Crippen MR) is 99.8 cm³/mol. The van der Waals surface area contributed by atoms with Crippen molar-refractivity contribution >= 4 is 17.8 Å². The van der Waals surface area contributed by atoms with Crippen LogP contribution in [0.25, 0.3) is 0 Å². The third-order valence-corrected chi connectivity index (χ3v) is 3.50. The first kappa shape index (κ1) is 23.6. The van der Waals surface area contributed by atoms with Gasteiger partial charge in [0.25, 0.3) is 5.91 Å². The van der Waals surface area contributed by atoms with Crippen molar-refractivity contribution in [1.29, 1.82) is 0 Å². The fraction of sp³-hybridized carbons (Fsp3) is 0.316. The van der Waals surface area contributed by atoms with Gasteiger partial charge in [0, 0.05) is 18.5 Å². The van der Waals surface area contributed by atoms with Crippen LogP contribution in [0.2, 0.25) is 0 Å². The lowest BCUT2D eigenvalue weighted by Crippen LogP contribution is -2.41. The van der Waals surface area contributed by atoms with Crippen LogP contribution in [0, 0.1) is 18.6 Å². The summed E-state index contributed by atoms with van der Waals surface area (Å²) in [6.07, 6.45) is 3.74. The number of amides is 2. The van der Waals surface area contributed by atoms with Gasteiger partial charge in [-0.25, -0.2) is 23.5 Å². The molecule has 8 nitrogen and oxygen atoms in total. The Morgan fingerprint density at radius 2 is 1.69 bits per heavy atom. The molecule has 2 aromatic rings. The van der Waals surface area contributed by atoms with Crippen LogP contribution in [-0.4, -0.2) is 38.9 Å². The smallest absolute Gasteiger partial charge is 0.326 e. The number of hydrogen-bond acceptors (Lipinski definition) is 5. The van der Waals surface area contributed by atoms with Gasteiger partial charge in [-0.3, -0.25) is 9.59 Å². The summed E-state index contributed by atoms with van der Waals surface area (Å²) in [5, 5.41) is 11.2. The van der Waals surface area contributed by atoms with Gasteiger partial charge in [0.15, 0.2) is 0 Å². The summed E-state index contributed by atoms with van der Waals surface area (Å²) >= 11 is 0. The van der Waals surface area contributed by atoms with Crippen molar-refractivity contribution in [3.63, 3.8) is 0 Å². The summed E-state index contributed by atoms with van der Waals surface area (Å²) in [6.45, 7) is 3.63. The summed E-state index contributed by atoms with van der Waals surface area (Å²) in [6, 6.07) is 1.81. The maximum atomic E-state index is 12.9. The van der Waals surface area contributed by atoms with E-state index < -0.39 is 35.5 Å². The molecule has 0 fully saturated rings. The van der Waals surface area contributed by atoms with E-state index in [4.69, 9.17) is 10.8 Å². The number of hydrogen-bond donors (Lipinski definition) is 3. The first-order chi connectivity index (χ1) is 13.6. The first-order valence-corrected chi connectivity index (χ1v) is 8.68. The molecule has 0 aliphatic rings. The van der Waals surface area contributed by atoms with Crippen molar-refractivity contribution < 1.29 is 28.3 Å². The number of aryl methyl sites for hydroxylation is 1. The van der Waals surface area contributed by atoms with E-state index in [9.17, 15) is 23.2 Å². The molecule has 0 aliphatic heterocycles. The van der Waals surface area contributed by atoms with Gasteiger partial charge < -0.3 is 16.2 Å². The van der Waals surface area contributed by atoms with Gasteiger partial charge in [-0.2, -0.15) is 0 Å². The lowest BCUT2D eigenvalue weighted by atomic mass is 10.1. The van der Waals surface area contributed by atoms with E-state index in [1.807, 2.05) is 6.92 Å². The van der Waals surface area contributed by atoms with E-state index in [0.29, 0.717) is 18.9 Å². The third-order valence-electron chi connectivity index (χ3n) is 3.50. The summed E-state index contributed by atoms with van der Waals surface area (Å²) < 4.78 is 25.8. The average Bonchev–Trinajstić information content (AvgIpc) is 2.61. The van der Waals surface area contributed by atoms with E-state index in [0.717, 1.165) is 17.7 Å². The highest BCUT2D eigenvalue weighted by Gasteiger charge is 2.19. The molecule has 1 atom stereocenters. The molecule has 1 unspecified atom stereocenters. The van der Waals surface area contributed by atoms with E-state index in [2.05, 4.69) is 15.3 Å². The highest BCUT2D eigenvalue weighted by Crippen LogP contribution is 2.09. The molecule has 2 amide bonds. The molecule has 1 aromatic carbocycles. The standard InChI is InChI=1S/C13H15F2NO3.C6H7N3O/c1-2-3-11(13(18)19)16-12(17)6-8-4-9(14)7-10(15)5-8;1-4-2-8-6(5(7)10)9-3-4/h4-5,7,11H,2-3,6H2,1H3,(H,16,17)(H,18,19);2-3H,1H3,(H2,7,10). The van der Waals surface area contributed by atoms with E-state index >= 15 is 0 Å². The van der Waals surface area contributed by atoms with Crippen molar-refractivity contribution in [2.45, 2.75) is 39.2 Å². The van der Waals surface area contributed by atoms with Crippen LogP contribution in [0.5, 0.6) is 0 Å². The number of carbonyl (C=O) groups is 3. The van der Waals surface area contributed by atoms with E-state index in [-0.39, 0.29) is 17.8 Å². The van der Waals surface area contributed by atoms with Crippen molar-refractivity contribution in [3.8, 4) is 0 Å². The molecule has 0 radical (unpaired) electrons. The van der Waals surface area contributed by atoms with Gasteiger partial charge in [0.2, 0.25) is 11.7 Å². The Balaban J connectivity index is 0.000000352. The highest BCUT2D eigenvalue weighted by atomic mass is 19.1. The molecule has 156 valence electrons. The van der Waals surface area contributed by atoms with Crippen molar-refractivity contribution in [1.82, 2.24) is 15.3 Å². The van der Waals surface area contributed by atoms with Gasteiger partial charge >= 0.3 is 5.97 Å². The lowest BCUT2D eigenvalue weighted by Gasteiger charge is -2.13. The van der Waals surface area contributed by atoms with Crippen LogP contribution in [0.15, 0.2) is 30.6 Å². The maximum Gasteiger partial charge on any atom is 0.326 e. The quantitative estimate of drug-likeness (QED) is 0.639. The zero-order valence-corrected chi connectivity index (χ0v) is 16.0. The number of nitrogens with zero attached hydrogens (tertiary/aromatic N) is 2. The van der Waals surface area contributed by atoms with Crippen molar-refractivity contribution in [2.24, 2.45) is 5.73 Å². The first-order valence-electron chi connectivity index (χ1n) is 8.68. The number of carbonyl (C=O) groups excluding carboxylic acids is 2. The Bertz CT molecular complexity index is 840. The fourth-order valence-electron chi connectivity index (χ4n) is 2.21. The lowest BCUT2D eigenvalue weighted by molar-refractivity contribution is -0.141. The van der Waals surface area contributed by atoms with Crippen LogP contribution in [0.1, 0.15) is 41.5 Å². The number of benzene rings is 1. The van der Waals surface area contributed by atoms with Gasteiger partial charge in [0.1, 0.15) is 17.7 Å². The van der Waals surface area contributed by atoms with Crippen LogP contribution < -0.4 is 11.1 Å². The van der Waals surface area contributed by atoms with E-state index in [1.165, 1.54) is 0 Å². The van der Waals surface area contributed by atoms with Gasteiger partial charge in [0.05, 0.1) is 6.42 Å². The number of aromatic nitrogens is 2. The third kappa shape index (κ3) is 8.87. The molecule has 1 aromatic heterocycles. The molecular weight excluding hydrogens is 386 g/mol. The number of halogens is 2. The molecule has 2 rings (SSSR count). The van der Waals surface area contributed by atoms with Crippen molar-refractivity contribution in [3.05, 3.63) is 59.2 Å². The molecule has 1 heterocycles. The molecule has 0 aliphatic carbocycles. The number of carboxylic acid groups (broad SMARTS) is 1. The minimum Gasteiger partial charge on any atom is -0.480 e. The molecule has 4 N–H and O–H groups in total. The van der Waals surface area contributed by atoms with Crippen LogP contribution in [0.3, 0.4) is 0 Å². The molecule has 0 saturated carbocycles. The zero-order valence-electron chi connectivity index (χ0n) is 16.0. The van der Waals surface area contributed by atoms with Crippen LogP contribution in [0.4, 0.5) is 8.78 Å². The summed E-state index contributed by atoms with van der Waals surface area (Å²) in [5.41, 5.74) is 5.97. The number of rotatable bonds is 7. The predicted octanol–water partition coefficient (Wildman–Crippen LogP) is 1.76. The molecule has 29 heavy (non-hydrogen) atoms. The number of carboxylic acids is 1. The normalized spacial score (nSPS) is 11.0. The maximum absolute atomic E-state index is 12.9. The Labute approximate surface area is 166 Å². The van der Waals surface area contributed by atoms with Gasteiger partial charge in [-0.1, -0.05) is 13.3 Å². The number of aliphatic carboxylic acids is 1. The zero-order chi connectivity index (χ0) is 22.0. The molecule has 0 spiro atoms. The van der Waals surface area contributed by atoms with Gasteiger partial charge in [-0.15, -0.1) is 0 Å². The summed E-state index contributed by atoms with van der Waals surface area (Å²) in [5.74, 6) is -3.78. The second kappa shape index (κ2) is 11.4. The molecule has 0 saturated heterocycles. The summed E-state index contributed by atoms with van der Waals surface area (Å²) in [7, 11) is 0. The van der Waals surface area contributed by atoms with Crippen LogP contribution in [-0.2, 0) is 16.0 Å². The monoisotopic (exact) mass is 408 g/mol. The van der Waals surface area contributed by atoms with E-state index in [1.54, 1.807) is 19.3 Å². The Morgan fingerprint density at radius 3 is 2.14 bits per heavy atom. The molecule has 10 heteroatoms. The van der Waals surface area contributed by atoms with Crippen LogP contribution >= 0.6 is 0 Å². The Hall–Kier alpha value is -3.43. The number of nitrogens with one attached hydrogen (secondary N) is 1. The second-order valence-electron chi connectivity index (χ2n) is 6.15. The van der Waals surface area contributed by atoms with Gasteiger partial charge in [-0.05, 0) is 36.6 Å². The molecular formula is C19H22F2N4O4. The Morgan fingerprint density at radius 1 is 1.14 bits per heavy atom. The largest absolute Gasteiger partial charge is 0.480 e. The average molecular weight is 408 g/mol. The minimum absolute atomic E-state index is 0.0607. The molecule has 0 bridgehead atoms. The van der Waals surface area contributed by atoms with Crippen molar-refractivity contribution in [2.75, 3.05) is 0 Å². The second-order valence-corrected chi connectivity index (χ2v) is 6.15. The number of nitrogens with two attached hydrogens (primary N) is 1.